The van der Waals surface area contributed by atoms with Gasteiger partial charge in [-0.1, -0.05) is 23.2 Å². The first-order valence-electron chi connectivity index (χ1n) is 7.48. The Morgan fingerprint density at radius 3 is 2.41 bits per heavy atom. The third-order valence-corrected chi connectivity index (χ3v) is 4.00. The quantitative estimate of drug-likeness (QED) is 0.368. The lowest BCUT2D eigenvalue weighted by Crippen LogP contribution is -1.97. The summed E-state index contributed by atoms with van der Waals surface area (Å²) in [6.45, 7) is 0. The van der Waals surface area contributed by atoms with E-state index in [1.807, 2.05) is 0 Å². The average molecular weight is 404 g/mol. The molecule has 136 valence electrons. The lowest BCUT2D eigenvalue weighted by Gasteiger charge is -2.04. The number of phenolic OH excluding ortho intramolecular Hbond substituents is 1. The molecule has 0 aliphatic carbocycles. The molecule has 3 rings (SSSR count). The Hall–Kier alpha value is -3.23. The summed E-state index contributed by atoms with van der Waals surface area (Å²) < 4.78 is 0. The highest BCUT2D eigenvalue weighted by molar-refractivity contribution is 6.36. The normalized spacial score (nSPS) is 10.9. The van der Waals surface area contributed by atoms with Crippen molar-refractivity contribution in [3.63, 3.8) is 0 Å². The Morgan fingerprint density at radius 1 is 1.11 bits per heavy atom. The number of phenols is 1. The van der Waals surface area contributed by atoms with Crippen LogP contribution in [-0.4, -0.2) is 26.2 Å². The molecule has 0 unspecified atom stereocenters. The molecule has 0 atom stereocenters. The van der Waals surface area contributed by atoms with Crippen molar-refractivity contribution in [1.29, 1.82) is 0 Å². The van der Waals surface area contributed by atoms with Crippen molar-refractivity contribution in [3.05, 3.63) is 74.5 Å². The second-order valence-electron chi connectivity index (χ2n) is 5.29. The topological polar surface area (TPSA) is 114 Å². The Bertz CT molecular complexity index is 1010. The third-order valence-electron chi connectivity index (χ3n) is 3.49. The number of rotatable bonds is 5. The molecule has 8 nitrogen and oxygen atoms in total. The van der Waals surface area contributed by atoms with Crippen LogP contribution in [0.1, 0.15) is 5.56 Å². The molecule has 2 N–H and O–H groups in total. The molecule has 0 amide bonds. The first-order valence-corrected chi connectivity index (χ1v) is 8.23. The number of nitrogens with zero attached hydrogens (tertiary/aromatic N) is 4. The van der Waals surface area contributed by atoms with Crippen molar-refractivity contribution in [3.8, 4) is 16.9 Å². The van der Waals surface area contributed by atoms with E-state index in [9.17, 15) is 15.2 Å². The van der Waals surface area contributed by atoms with E-state index in [2.05, 4.69) is 20.5 Å². The number of aromatic nitrogens is 2. The van der Waals surface area contributed by atoms with E-state index < -0.39 is 4.92 Å². The minimum Gasteiger partial charge on any atom is -0.506 e. The van der Waals surface area contributed by atoms with Crippen LogP contribution in [0.5, 0.6) is 5.75 Å². The highest BCUT2D eigenvalue weighted by Crippen LogP contribution is 2.30. The van der Waals surface area contributed by atoms with Gasteiger partial charge in [-0.2, -0.15) is 5.10 Å². The molecule has 0 bridgehead atoms. The van der Waals surface area contributed by atoms with Gasteiger partial charge in [-0.25, -0.2) is 15.4 Å². The van der Waals surface area contributed by atoms with E-state index in [0.29, 0.717) is 16.1 Å². The number of anilines is 1. The molecule has 0 fully saturated rings. The maximum atomic E-state index is 10.7. The first-order chi connectivity index (χ1) is 12.9. The predicted octanol–water partition coefficient (Wildman–Crippen LogP) is 4.51. The van der Waals surface area contributed by atoms with E-state index in [4.69, 9.17) is 23.2 Å². The van der Waals surface area contributed by atoms with Gasteiger partial charge in [-0.15, -0.1) is 0 Å². The average Bonchev–Trinajstić information content (AvgIpc) is 2.66. The highest BCUT2D eigenvalue weighted by atomic mass is 35.5. The number of hydrogen-bond acceptors (Lipinski definition) is 7. The third kappa shape index (κ3) is 4.49. The number of hydrogen-bond donors (Lipinski definition) is 2. The summed E-state index contributed by atoms with van der Waals surface area (Å²) in [6.07, 6.45) is 4.44. The Balaban J connectivity index is 1.70. The number of aromatic hydroxyl groups is 1. The van der Waals surface area contributed by atoms with Gasteiger partial charge in [0.05, 0.1) is 16.2 Å². The number of hydrazone groups is 1. The standard InChI is InChI=1S/C17H11Cl2N5O3/c18-13-5-11(16(25)15(19)6-13)9-22-23-17-20-7-12(8-21-17)10-1-3-14(4-2-10)24(26)27/h1-9,25H,(H,20,21,23). The van der Waals surface area contributed by atoms with E-state index in [-0.39, 0.29) is 22.4 Å². The van der Waals surface area contributed by atoms with Crippen molar-refractivity contribution >= 4 is 41.1 Å². The van der Waals surface area contributed by atoms with Gasteiger partial charge in [0.2, 0.25) is 5.95 Å². The maximum absolute atomic E-state index is 10.7. The Morgan fingerprint density at radius 2 is 1.78 bits per heavy atom. The summed E-state index contributed by atoms with van der Waals surface area (Å²) in [5.74, 6) is 0.0885. The van der Waals surface area contributed by atoms with Gasteiger partial charge in [0.25, 0.3) is 5.69 Å². The number of halogens is 2. The Labute approximate surface area is 163 Å². The van der Waals surface area contributed by atoms with E-state index in [1.165, 1.54) is 30.5 Å². The fourth-order valence-corrected chi connectivity index (χ4v) is 2.66. The minimum absolute atomic E-state index is 0.0108. The summed E-state index contributed by atoms with van der Waals surface area (Å²) in [4.78, 5) is 18.5. The fourth-order valence-electron chi connectivity index (χ4n) is 2.15. The van der Waals surface area contributed by atoms with Crippen LogP contribution in [0.2, 0.25) is 10.0 Å². The second kappa shape index (κ2) is 7.98. The SMILES string of the molecule is O=[N+]([O-])c1ccc(-c2cnc(NN=Cc3cc(Cl)cc(Cl)c3O)nc2)cc1. The monoisotopic (exact) mass is 403 g/mol. The fraction of sp³-hybridized carbons (Fsp3) is 0. The van der Waals surface area contributed by atoms with Gasteiger partial charge >= 0.3 is 0 Å². The molecule has 3 aromatic rings. The van der Waals surface area contributed by atoms with Gasteiger partial charge in [-0.05, 0) is 29.8 Å². The van der Waals surface area contributed by atoms with E-state index in [1.54, 1.807) is 24.5 Å². The van der Waals surface area contributed by atoms with Crippen molar-refractivity contribution in [2.75, 3.05) is 5.43 Å². The van der Waals surface area contributed by atoms with Gasteiger partial charge in [-0.3, -0.25) is 10.1 Å². The molecule has 1 aromatic heterocycles. The molecule has 1 heterocycles. The van der Waals surface area contributed by atoms with E-state index >= 15 is 0 Å². The smallest absolute Gasteiger partial charge is 0.269 e. The van der Waals surface area contributed by atoms with Crippen molar-refractivity contribution in [1.82, 2.24) is 9.97 Å². The van der Waals surface area contributed by atoms with Gasteiger partial charge in [0.1, 0.15) is 5.75 Å². The zero-order chi connectivity index (χ0) is 19.4. The van der Waals surface area contributed by atoms with E-state index in [0.717, 1.165) is 5.56 Å². The first kappa shape index (κ1) is 18.6. The van der Waals surface area contributed by atoms with Crippen LogP contribution in [0.25, 0.3) is 11.1 Å². The number of nitro groups is 1. The van der Waals surface area contributed by atoms with Crippen LogP contribution < -0.4 is 5.43 Å². The second-order valence-corrected chi connectivity index (χ2v) is 6.14. The van der Waals surface area contributed by atoms with Crippen LogP contribution in [-0.2, 0) is 0 Å². The molecule has 0 saturated carbocycles. The molecular formula is C17H11Cl2N5O3. The van der Waals surface area contributed by atoms with Crippen molar-refractivity contribution in [2.45, 2.75) is 0 Å². The summed E-state index contributed by atoms with van der Waals surface area (Å²) in [7, 11) is 0. The number of nitro benzene ring substituents is 1. The minimum atomic E-state index is -0.462. The highest BCUT2D eigenvalue weighted by Gasteiger charge is 2.07. The summed E-state index contributed by atoms with van der Waals surface area (Å²) >= 11 is 11.7. The number of benzene rings is 2. The molecule has 0 aliphatic heterocycles. The Kier molecular flexibility index (Phi) is 5.49. The summed E-state index contributed by atoms with van der Waals surface area (Å²) in [6, 6.07) is 8.99. The van der Waals surface area contributed by atoms with Gasteiger partial charge in [0.15, 0.2) is 0 Å². The molecule has 27 heavy (non-hydrogen) atoms. The molecule has 0 radical (unpaired) electrons. The number of nitrogens with one attached hydrogen (secondary N) is 1. The van der Waals surface area contributed by atoms with Crippen LogP contribution in [0.15, 0.2) is 53.9 Å². The molecule has 0 aliphatic rings. The zero-order valence-corrected chi connectivity index (χ0v) is 15.0. The van der Waals surface area contributed by atoms with Gasteiger partial charge < -0.3 is 5.11 Å². The molecule has 0 spiro atoms. The zero-order valence-electron chi connectivity index (χ0n) is 13.5. The van der Waals surface area contributed by atoms with Crippen LogP contribution in [0.3, 0.4) is 0 Å². The lowest BCUT2D eigenvalue weighted by molar-refractivity contribution is -0.384. The van der Waals surface area contributed by atoms with Crippen LogP contribution in [0, 0.1) is 10.1 Å². The predicted molar refractivity (Wildman–Crippen MR) is 103 cm³/mol. The van der Waals surface area contributed by atoms with Gasteiger partial charge in [0, 0.05) is 40.7 Å². The number of non-ortho nitro benzene ring substituents is 1. The van der Waals surface area contributed by atoms with Crippen molar-refractivity contribution in [2.24, 2.45) is 5.10 Å². The molecule has 10 heteroatoms. The summed E-state index contributed by atoms with van der Waals surface area (Å²) in [5, 5.41) is 25.0. The largest absolute Gasteiger partial charge is 0.506 e. The van der Waals surface area contributed by atoms with Crippen molar-refractivity contribution < 1.29 is 10.0 Å². The lowest BCUT2D eigenvalue weighted by atomic mass is 10.1. The molecule has 0 saturated heterocycles. The molecule has 2 aromatic carbocycles. The van der Waals surface area contributed by atoms with Crippen LogP contribution in [0.4, 0.5) is 11.6 Å². The maximum Gasteiger partial charge on any atom is 0.269 e. The molecular weight excluding hydrogens is 393 g/mol. The summed E-state index contributed by atoms with van der Waals surface area (Å²) in [5.41, 5.74) is 4.41. The van der Waals surface area contributed by atoms with Crippen LogP contribution >= 0.6 is 23.2 Å².